The molecule has 1 unspecified atom stereocenters. The summed E-state index contributed by atoms with van der Waals surface area (Å²) in [5.41, 5.74) is 3.26. The largest absolute Gasteiger partial charge is 0.490 e. The van der Waals surface area contributed by atoms with Crippen LogP contribution in [0.25, 0.3) is 0 Å². The first-order chi connectivity index (χ1) is 20.6. The molecule has 0 saturated heterocycles. The maximum absolute atomic E-state index is 13.1. The van der Waals surface area contributed by atoms with Gasteiger partial charge in [0.05, 0.1) is 24.2 Å². The van der Waals surface area contributed by atoms with Gasteiger partial charge in [-0.15, -0.1) is 6.58 Å². The monoisotopic (exact) mass is 626 g/mol. The van der Waals surface area contributed by atoms with Crippen molar-refractivity contribution in [1.82, 2.24) is 4.72 Å². The number of nitrogens with zero attached hydrogens (tertiary/aromatic N) is 1. The summed E-state index contributed by atoms with van der Waals surface area (Å²) in [5, 5.41) is 11.7. The highest BCUT2D eigenvalue weighted by molar-refractivity contribution is 7.90. The molecule has 2 aromatic carbocycles. The summed E-state index contributed by atoms with van der Waals surface area (Å²) in [6, 6.07) is 11.3. The Morgan fingerprint density at radius 1 is 1.26 bits per heavy atom. The van der Waals surface area contributed by atoms with Gasteiger partial charge in [0.1, 0.15) is 5.75 Å². The number of carbonyl (C=O) groups excluding carboxylic acids is 1. The van der Waals surface area contributed by atoms with Gasteiger partial charge in [-0.05, 0) is 98.2 Å². The Kier molecular flexibility index (Phi) is 9.89. The number of aliphatic hydroxyl groups excluding tert-OH is 1. The van der Waals surface area contributed by atoms with E-state index in [2.05, 4.69) is 41.3 Å². The Balaban J connectivity index is 1.48. The first-order valence-electron chi connectivity index (χ1n) is 15.5. The molecule has 2 aromatic rings. The van der Waals surface area contributed by atoms with Crippen LogP contribution in [0.2, 0.25) is 5.02 Å². The molecule has 43 heavy (non-hydrogen) atoms. The molecule has 1 saturated carbocycles. The van der Waals surface area contributed by atoms with Crippen molar-refractivity contribution in [2.75, 3.05) is 30.3 Å². The van der Waals surface area contributed by atoms with Crippen molar-refractivity contribution in [2.45, 2.75) is 69.8 Å². The highest BCUT2D eigenvalue weighted by atomic mass is 35.5. The van der Waals surface area contributed by atoms with Crippen molar-refractivity contribution in [3.8, 4) is 5.75 Å². The van der Waals surface area contributed by atoms with Gasteiger partial charge in [-0.2, -0.15) is 0 Å². The van der Waals surface area contributed by atoms with Crippen LogP contribution < -0.4 is 14.4 Å². The number of anilines is 1. The summed E-state index contributed by atoms with van der Waals surface area (Å²) in [5.74, 6) is 0.238. The van der Waals surface area contributed by atoms with Crippen molar-refractivity contribution in [2.24, 2.45) is 11.8 Å². The number of benzene rings is 2. The Bertz CT molecular complexity index is 1480. The minimum Gasteiger partial charge on any atom is -0.490 e. The lowest BCUT2D eigenvalue weighted by atomic mass is 9.68. The van der Waals surface area contributed by atoms with Crippen molar-refractivity contribution in [1.29, 1.82) is 0 Å². The molecule has 0 aromatic heterocycles. The number of sulfonamides is 1. The number of rotatable bonds is 11. The molecule has 2 aliphatic carbocycles. The summed E-state index contributed by atoms with van der Waals surface area (Å²) in [4.78, 5) is 15.4. The number of aryl methyl sites for hydroxylation is 1. The fourth-order valence-corrected chi connectivity index (χ4v) is 8.02. The summed E-state index contributed by atoms with van der Waals surface area (Å²) >= 11 is 6.39. The third kappa shape index (κ3) is 7.13. The summed E-state index contributed by atoms with van der Waals surface area (Å²) < 4.78 is 33.6. The van der Waals surface area contributed by atoms with Gasteiger partial charge < -0.3 is 14.7 Å². The molecule has 5 rings (SSSR count). The topological polar surface area (TPSA) is 95.9 Å². The van der Waals surface area contributed by atoms with Crippen LogP contribution in [-0.2, 0) is 21.9 Å². The zero-order valence-electron chi connectivity index (χ0n) is 24.9. The summed E-state index contributed by atoms with van der Waals surface area (Å²) in [7, 11) is -3.79. The highest BCUT2D eigenvalue weighted by Gasteiger charge is 2.44. The molecular formula is C34H43ClN2O5S. The predicted molar refractivity (Wildman–Crippen MR) is 173 cm³/mol. The van der Waals surface area contributed by atoms with Crippen LogP contribution in [0.3, 0.4) is 0 Å². The summed E-state index contributed by atoms with van der Waals surface area (Å²) in [6.45, 7) is 7.57. The van der Waals surface area contributed by atoms with Gasteiger partial charge in [-0.25, -0.2) is 13.1 Å². The normalized spacial score (nSPS) is 23.9. The van der Waals surface area contributed by atoms with E-state index in [4.69, 9.17) is 16.3 Å². The van der Waals surface area contributed by atoms with Crippen molar-refractivity contribution >= 4 is 33.2 Å². The smallest absolute Gasteiger partial charge is 0.264 e. The molecule has 4 atom stereocenters. The number of nitrogens with one attached hydrogen (secondary N) is 1. The van der Waals surface area contributed by atoms with Crippen LogP contribution in [0.1, 0.15) is 73.4 Å². The van der Waals surface area contributed by atoms with Crippen LogP contribution in [-0.4, -0.2) is 51.0 Å². The Labute approximate surface area is 261 Å². The quantitative estimate of drug-likeness (QED) is 0.289. The molecule has 1 fully saturated rings. The molecule has 1 heterocycles. The van der Waals surface area contributed by atoms with E-state index in [1.807, 2.05) is 12.1 Å². The van der Waals surface area contributed by atoms with E-state index in [-0.39, 0.29) is 35.0 Å². The van der Waals surface area contributed by atoms with E-state index in [0.717, 1.165) is 55.7 Å². The van der Waals surface area contributed by atoms with Crippen LogP contribution in [0.15, 0.2) is 61.2 Å². The second-order valence-corrected chi connectivity index (χ2v) is 14.6. The van der Waals surface area contributed by atoms with Gasteiger partial charge in [-0.1, -0.05) is 49.2 Å². The van der Waals surface area contributed by atoms with Crippen LogP contribution in [0.4, 0.5) is 5.69 Å². The molecule has 232 valence electrons. The minimum atomic E-state index is -3.79. The molecule has 2 N–H and O–H groups in total. The van der Waals surface area contributed by atoms with E-state index in [1.54, 1.807) is 18.2 Å². The molecule has 3 aliphatic rings. The third-order valence-corrected chi connectivity index (χ3v) is 10.8. The maximum atomic E-state index is 13.1. The van der Waals surface area contributed by atoms with Gasteiger partial charge in [0.15, 0.2) is 0 Å². The Morgan fingerprint density at radius 3 is 2.84 bits per heavy atom. The van der Waals surface area contributed by atoms with E-state index in [9.17, 15) is 18.3 Å². The van der Waals surface area contributed by atoms with Crippen molar-refractivity contribution in [3.63, 3.8) is 0 Å². The number of hydrogen-bond donors (Lipinski definition) is 2. The Morgan fingerprint density at radius 2 is 2.09 bits per heavy atom. The Hall–Kier alpha value is -2.81. The molecule has 1 amide bonds. The van der Waals surface area contributed by atoms with E-state index in [1.165, 1.54) is 17.2 Å². The van der Waals surface area contributed by atoms with Gasteiger partial charge >= 0.3 is 0 Å². The second-order valence-electron chi connectivity index (χ2n) is 12.3. The zero-order chi connectivity index (χ0) is 30.6. The molecule has 7 nitrogen and oxygen atoms in total. The summed E-state index contributed by atoms with van der Waals surface area (Å²) in [6.07, 6.45) is 12.2. The second kappa shape index (κ2) is 13.4. The lowest BCUT2D eigenvalue weighted by molar-refractivity contribution is 0.0456. The van der Waals surface area contributed by atoms with Crippen LogP contribution >= 0.6 is 11.6 Å². The fraction of sp³-hybridized carbons (Fsp3) is 0.500. The van der Waals surface area contributed by atoms with Crippen LogP contribution in [0, 0.1) is 11.8 Å². The van der Waals surface area contributed by atoms with Crippen molar-refractivity contribution < 1.29 is 23.1 Å². The average Bonchev–Trinajstić information content (AvgIpc) is 3.11. The molecule has 0 radical (unpaired) electrons. The lowest BCUT2D eigenvalue weighted by Crippen LogP contribution is -2.49. The van der Waals surface area contributed by atoms with E-state index < -0.39 is 22.0 Å². The van der Waals surface area contributed by atoms with Crippen LogP contribution in [0.5, 0.6) is 5.75 Å². The maximum Gasteiger partial charge on any atom is 0.264 e. The first kappa shape index (κ1) is 31.6. The van der Waals surface area contributed by atoms with Gasteiger partial charge in [0.2, 0.25) is 10.0 Å². The highest BCUT2D eigenvalue weighted by Crippen LogP contribution is 2.46. The third-order valence-electron chi connectivity index (χ3n) is 9.30. The number of halogens is 1. The number of fused-ring (bicyclic) bond motifs is 3. The number of hydrogen-bond acceptors (Lipinski definition) is 6. The molecule has 1 aliphatic heterocycles. The number of aliphatic hydroxyl groups is 1. The van der Waals surface area contributed by atoms with Gasteiger partial charge in [-0.3, -0.25) is 4.79 Å². The van der Waals surface area contributed by atoms with Crippen molar-refractivity contribution in [3.05, 3.63) is 82.9 Å². The first-order valence-corrected chi connectivity index (χ1v) is 17.5. The molecule has 0 bridgehead atoms. The fourth-order valence-electron chi connectivity index (χ4n) is 6.84. The zero-order valence-corrected chi connectivity index (χ0v) is 26.5. The minimum absolute atomic E-state index is 0.163. The number of amides is 1. The number of allylic oxidation sites excluding steroid dienone is 2. The van der Waals surface area contributed by atoms with E-state index >= 15 is 0 Å². The lowest BCUT2D eigenvalue weighted by Gasteiger charge is -2.45. The van der Waals surface area contributed by atoms with E-state index in [0.29, 0.717) is 25.4 Å². The molecule has 1 spiro atoms. The number of unbranched alkanes of at least 4 members (excludes halogenated alkanes) is 1. The number of carbonyl (C=O) groups is 1. The average molecular weight is 627 g/mol. The van der Waals surface area contributed by atoms with Gasteiger partial charge in [0, 0.05) is 29.1 Å². The predicted octanol–water partition coefficient (Wildman–Crippen LogP) is 6.19. The molecule has 9 heteroatoms. The number of ether oxygens (including phenoxy) is 1. The standard InChI is InChI=1S/C34H43ClN2O5S/c1-3-5-7-10-31(38)28-14-11-26(28)21-37-22-34(17-8-9-24-19-27(35)13-15-29(24)34)23-42-32-16-12-25(20-30(32)37)33(39)36-43(40,41)18-6-4-2/h4,7,10,12-13,15-16,19-20,26,28,31,38H,2-3,5-6,8-9,11,14,17-18,21-23H2,1H3,(H,36,39)/b10-7+/t26-,28+,31?,34-/m0/s1. The SMILES string of the molecule is C=CCCS(=O)(=O)NC(=O)c1ccc2c(c1)N(C[C@@H]1CC[C@H]1C(O)/C=C/CCC)C[C@@]1(CCCc3cc(Cl)ccc31)CO2. The molecular weight excluding hydrogens is 584 g/mol. The van der Waals surface area contributed by atoms with Gasteiger partial charge in [0.25, 0.3) is 5.91 Å².